The number of hydrogen-bond acceptors (Lipinski definition) is 3. The van der Waals surface area contributed by atoms with Gasteiger partial charge in [-0.2, -0.15) is 0 Å². The summed E-state index contributed by atoms with van der Waals surface area (Å²) < 4.78 is 37.7. The molecule has 1 N–H and O–H groups in total. The quantitative estimate of drug-likeness (QED) is 0.826. The highest BCUT2D eigenvalue weighted by molar-refractivity contribution is 5.22. The highest BCUT2D eigenvalue weighted by Gasteiger charge is 2.23. The van der Waals surface area contributed by atoms with Gasteiger partial charge in [-0.25, -0.2) is 8.78 Å². The molecule has 0 aliphatic carbocycles. The van der Waals surface area contributed by atoms with Crippen molar-refractivity contribution in [3.8, 4) is 0 Å². The fourth-order valence-electron chi connectivity index (χ4n) is 1.91. The molecule has 0 spiro atoms. The lowest BCUT2D eigenvalue weighted by molar-refractivity contribution is -0.133. The Morgan fingerprint density at radius 1 is 1.42 bits per heavy atom. The Bertz CT molecular complexity index is 410. The Balaban J connectivity index is 2.03. The third-order valence-electron chi connectivity index (χ3n) is 3.10. The van der Waals surface area contributed by atoms with Crippen LogP contribution in [0.4, 0.5) is 8.78 Å². The van der Waals surface area contributed by atoms with Gasteiger partial charge < -0.3 is 14.8 Å². The van der Waals surface area contributed by atoms with Crippen molar-refractivity contribution in [2.45, 2.75) is 25.5 Å². The fourth-order valence-corrected chi connectivity index (χ4v) is 1.91. The van der Waals surface area contributed by atoms with E-state index < -0.39 is 11.6 Å². The number of benzene rings is 1. The molecule has 106 valence electrons. The SMILES string of the molecule is CCCNC(COC1COC1)c1cccc(F)c1F. The summed E-state index contributed by atoms with van der Waals surface area (Å²) in [6, 6.07) is 3.89. The third-order valence-corrected chi connectivity index (χ3v) is 3.10. The molecule has 1 atom stereocenters. The van der Waals surface area contributed by atoms with Crippen molar-refractivity contribution in [2.24, 2.45) is 0 Å². The maximum Gasteiger partial charge on any atom is 0.163 e. The molecule has 5 heteroatoms. The largest absolute Gasteiger partial charge is 0.376 e. The van der Waals surface area contributed by atoms with Crippen LogP contribution in [-0.2, 0) is 9.47 Å². The predicted molar refractivity (Wildman–Crippen MR) is 68.0 cm³/mol. The zero-order valence-corrected chi connectivity index (χ0v) is 11.0. The standard InChI is InChI=1S/C14H19F2NO2/c1-2-6-17-13(9-19-10-7-18-8-10)11-4-3-5-12(15)14(11)16/h3-5,10,13,17H,2,6-9H2,1H3. The van der Waals surface area contributed by atoms with Crippen LogP contribution >= 0.6 is 0 Å². The predicted octanol–water partition coefficient (Wildman–Crippen LogP) is 2.42. The van der Waals surface area contributed by atoms with Gasteiger partial charge in [-0.05, 0) is 19.0 Å². The van der Waals surface area contributed by atoms with Crippen molar-refractivity contribution in [3.63, 3.8) is 0 Å². The molecule has 1 aliphatic rings. The monoisotopic (exact) mass is 271 g/mol. The summed E-state index contributed by atoms with van der Waals surface area (Å²) in [6.45, 7) is 4.21. The van der Waals surface area contributed by atoms with E-state index in [2.05, 4.69) is 5.32 Å². The average Bonchev–Trinajstić information content (AvgIpc) is 2.35. The van der Waals surface area contributed by atoms with E-state index in [1.165, 1.54) is 6.07 Å². The minimum atomic E-state index is -0.826. The lowest BCUT2D eigenvalue weighted by atomic mass is 10.1. The lowest BCUT2D eigenvalue weighted by Crippen LogP contribution is -2.39. The third kappa shape index (κ3) is 3.72. The molecule has 0 bridgehead atoms. The van der Waals surface area contributed by atoms with E-state index in [9.17, 15) is 8.78 Å². The highest BCUT2D eigenvalue weighted by Crippen LogP contribution is 2.21. The van der Waals surface area contributed by atoms with E-state index in [-0.39, 0.29) is 12.1 Å². The number of ether oxygens (including phenoxy) is 2. The first kappa shape index (κ1) is 14.4. The molecule has 0 radical (unpaired) electrons. The molecule has 1 saturated heterocycles. The minimum absolute atomic E-state index is 0.0718. The van der Waals surface area contributed by atoms with Gasteiger partial charge in [0.05, 0.1) is 25.9 Å². The van der Waals surface area contributed by atoms with Crippen LogP contribution in [0.15, 0.2) is 18.2 Å². The van der Waals surface area contributed by atoms with E-state index >= 15 is 0 Å². The van der Waals surface area contributed by atoms with E-state index in [1.807, 2.05) is 6.92 Å². The topological polar surface area (TPSA) is 30.5 Å². The van der Waals surface area contributed by atoms with Gasteiger partial charge in [-0.1, -0.05) is 19.1 Å². The highest BCUT2D eigenvalue weighted by atomic mass is 19.2. The molecule has 0 amide bonds. The first-order chi connectivity index (χ1) is 9.22. The van der Waals surface area contributed by atoms with Gasteiger partial charge in [0.25, 0.3) is 0 Å². The van der Waals surface area contributed by atoms with Gasteiger partial charge in [0.2, 0.25) is 0 Å². The van der Waals surface area contributed by atoms with Crippen LogP contribution < -0.4 is 5.32 Å². The Hall–Kier alpha value is -1.04. The van der Waals surface area contributed by atoms with Crippen LogP contribution in [0.1, 0.15) is 24.9 Å². The van der Waals surface area contributed by atoms with Gasteiger partial charge in [0.15, 0.2) is 11.6 Å². The molecule has 19 heavy (non-hydrogen) atoms. The molecule has 1 fully saturated rings. The van der Waals surface area contributed by atoms with Crippen molar-refractivity contribution in [1.29, 1.82) is 0 Å². The van der Waals surface area contributed by atoms with E-state index in [0.29, 0.717) is 25.4 Å². The van der Waals surface area contributed by atoms with Gasteiger partial charge in [-0.3, -0.25) is 0 Å². The second-order valence-electron chi connectivity index (χ2n) is 4.64. The maximum absolute atomic E-state index is 13.8. The number of halogens is 2. The fraction of sp³-hybridized carbons (Fsp3) is 0.571. The second-order valence-corrected chi connectivity index (χ2v) is 4.64. The molecule has 1 aromatic carbocycles. The van der Waals surface area contributed by atoms with E-state index in [1.54, 1.807) is 6.07 Å². The molecular weight excluding hydrogens is 252 g/mol. The number of hydrogen-bond donors (Lipinski definition) is 1. The molecule has 1 heterocycles. The molecule has 1 aromatic rings. The summed E-state index contributed by atoms with van der Waals surface area (Å²) in [5.74, 6) is -1.63. The van der Waals surface area contributed by atoms with Crippen LogP contribution in [0, 0.1) is 11.6 Å². The van der Waals surface area contributed by atoms with Crippen molar-refractivity contribution >= 4 is 0 Å². The summed E-state index contributed by atoms with van der Waals surface area (Å²) >= 11 is 0. The van der Waals surface area contributed by atoms with Crippen molar-refractivity contribution in [2.75, 3.05) is 26.4 Å². The number of nitrogens with one attached hydrogen (secondary N) is 1. The van der Waals surface area contributed by atoms with E-state index in [4.69, 9.17) is 9.47 Å². The Kier molecular flexibility index (Phi) is 5.24. The van der Waals surface area contributed by atoms with Gasteiger partial charge in [0, 0.05) is 5.56 Å². The van der Waals surface area contributed by atoms with Crippen molar-refractivity contribution in [1.82, 2.24) is 5.32 Å². The average molecular weight is 271 g/mol. The second kappa shape index (κ2) is 6.93. The van der Waals surface area contributed by atoms with Gasteiger partial charge >= 0.3 is 0 Å². The summed E-state index contributed by atoms with van der Waals surface area (Å²) in [5, 5.41) is 3.18. The number of rotatable bonds is 7. The molecule has 2 rings (SSSR count). The lowest BCUT2D eigenvalue weighted by Gasteiger charge is -2.29. The summed E-state index contributed by atoms with van der Waals surface area (Å²) in [4.78, 5) is 0. The van der Waals surface area contributed by atoms with Crippen LogP contribution in [0.25, 0.3) is 0 Å². The molecule has 0 aromatic heterocycles. The van der Waals surface area contributed by atoms with Crippen LogP contribution in [-0.4, -0.2) is 32.5 Å². The Labute approximate surface area is 111 Å². The smallest absolute Gasteiger partial charge is 0.163 e. The van der Waals surface area contributed by atoms with Gasteiger partial charge in [0.1, 0.15) is 6.10 Å². The first-order valence-corrected chi connectivity index (χ1v) is 6.59. The molecule has 3 nitrogen and oxygen atoms in total. The zero-order chi connectivity index (χ0) is 13.7. The molecule has 0 saturated carbocycles. The Morgan fingerprint density at radius 3 is 2.84 bits per heavy atom. The van der Waals surface area contributed by atoms with Gasteiger partial charge in [-0.15, -0.1) is 0 Å². The minimum Gasteiger partial charge on any atom is -0.376 e. The van der Waals surface area contributed by atoms with Crippen molar-refractivity contribution < 1.29 is 18.3 Å². The van der Waals surface area contributed by atoms with Crippen LogP contribution in [0.5, 0.6) is 0 Å². The molecule has 1 aliphatic heterocycles. The summed E-state index contributed by atoms with van der Waals surface area (Å²) in [5.41, 5.74) is 0.314. The molecular formula is C14H19F2NO2. The Morgan fingerprint density at radius 2 is 2.21 bits per heavy atom. The maximum atomic E-state index is 13.8. The first-order valence-electron chi connectivity index (χ1n) is 6.59. The summed E-state index contributed by atoms with van der Waals surface area (Å²) in [6.07, 6.45) is 0.988. The van der Waals surface area contributed by atoms with Crippen LogP contribution in [0.3, 0.4) is 0 Å². The van der Waals surface area contributed by atoms with Crippen LogP contribution in [0.2, 0.25) is 0 Å². The zero-order valence-electron chi connectivity index (χ0n) is 11.0. The van der Waals surface area contributed by atoms with E-state index in [0.717, 1.165) is 19.0 Å². The van der Waals surface area contributed by atoms with Crippen molar-refractivity contribution in [3.05, 3.63) is 35.4 Å². The summed E-state index contributed by atoms with van der Waals surface area (Å²) in [7, 11) is 0. The normalized spacial score (nSPS) is 17.2. The molecule has 1 unspecified atom stereocenters.